The molecule has 2 aromatic heterocycles. The average molecular weight is 537 g/mol. The molecule has 0 aliphatic rings. The number of aryl methyl sites for hydroxylation is 1. The quantitative estimate of drug-likeness (QED) is 0.284. The molecular formula is C31H28N4O5. The molecular weight excluding hydrogens is 508 g/mol. The normalized spacial score (nSPS) is 11.7. The van der Waals surface area contributed by atoms with E-state index in [-0.39, 0.29) is 18.5 Å². The van der Waals surface area contributed by atoms with E-state index in [0.717, 1.165) is 38.3 Å². The minimum atomic E-state index is -0.782. The van der Waals surface area contributed by atoms with E-state index < -0.39 is 11.4 Å². The zero-order valence-electron chi connectivity index (χ0n) is 22.1. The van der Waals surface area contributed by atoms with E-state index in [2.05, 4.69) is 21.4 Å². The van der Waals surface area contributed by atoms with Crippen molar-refractivity contribution in [3.05, 3.63) is 140 Å². The molecule has 202 valence electrons. The lowest BCUT2D eigenvalue weighted by molar-refractivity contribution is 0.0939. The predicted molar refractivity (Wildman–Crippen MR) is 150 cm³/mol. The van der Waals surface area contributed by atoms with E-state index in [9.17, 15) is 14.4 Å². The van der Waals surface area contributed by atoms with Crippen molar-refractivity contribution in [1.29, 1.82) is 0 Å². The monoisotopic (exact) mass is 536 g/mol. The Morgan fingerprint density at radius 3 is 2.52 bits per heavy atom. The first kappa shape index (κ1) is 26.4. The fourth-order valence-corrected chi connectivity index (χ4v) is 4.39. The molecule has 3 aromatic carbocycles. The summed E-state index contributed by atoms with van der Waals surface area (Å²) in [6.07, 6.45) is 1.71. The summed E-state index contributed by atoms with van der Waals surface area (Å²) in [6, 6.07) is 26.4. The maximum absolute atomic E-state index is 12.8. The van der Waals surface area contributed by atoms with Crippen LogP contribution >= 0.6 is 0 Å². The molecule has 0 bridgehead atoms. The van der Waals surface area contributed by atoms with E-state index >= 15 is 0 Å². The van der Waals surface area contributed by atoms with E-state index in [0.29, 0.717) is 17.9 Å². The van der Waals surface area contributed by atoms with Gasteiger partial charge in [-0.15, -0.1) is 4.74 Å². The van der Waals surface area contributed by atoms with Crippen molar-refractivity contribution in [2.45, 2.75) is 33.0 Å². The fraction of sp³-hybridized carbons (Fsp3) is 0.161. The average Bonchev–Trinajstić information content (AvgIpc) is 3.29. The second-order valence-corrected chi connectivity index (χ2v) is 9.46. The summed E-state index contributed by atoms with van der Waals surface area (Å²) in [5.41, 5.74) is 5.65. The Bertz CT molecular complexity index is 1740. The maximum atomic E-state index is 12.8. The molecule has 0 aliphatic heterocycles. The van der Waals surface area contributed by atoms with Gasteiger partial charge in [0.25, 0.3) is 5.91 Å². The van der Waals surface area contributed by atoms with Gasteiger partial charge in [-0.3, -0.25) is 9.78 Å². The van der Waals surface area contributed by atoms with Crippen LogP contribution in [0.15, 0.2) is 105 Å². The molecule has 0 saturated heterocycles. The lowest BCUT2D eigenvalue weighted by Crippen LogP contribution is -2.27. The maximum Gasteiger partial charge on any atom is 0.440 e. The molecule has 1 amide bonds. The van der Waals surface area contributed by atoms with Crippen LogP contribution in [-0.2, 0) is 13.2 Å². The number of rotatable bonds is 9. The third kappa shape index (κ3) is 6.27. The lowest BCUT2D eigenvalue weighted by Gasteiger charge is -2.15. The minimum Gasteiger partial charge on any atom is -0.489 e. The molecule has 1 atom stereocenters. The Morgan fingerprint density at radius 2 is 1.82 bits per heavy atom. The lowest BCUT2D eigenvalue weighted by atomic mass is 9.97. The molecule has 0 spiro atoms. The number of amides is 1. The second kappa shape index (κ2) is 11.7. The highest BCUT2D eigenvalue weighted by Crippen LogP contribution is 2.26. The number of aromatic nitrogens is 3. The zero-order chi connectivity index (χ0) is 28.1. The smallest absolute Gasteiger partial charge is 0.440 e. The Balaban J connectivity index is 1.22. The first-order valence-corrected chi connectivity index (χ1v) is 12.8. The van der Waals surface area contributed by atoms with Crippen LogP contribution in [-0.4, -0.2) is 20.6 Å². The Kier molecular flexibility index (Phi) is 7.72. The number of benzene rings is 3. The number of nitrogens with one attached hydrogen (secondary N) is 2. The van der Waals surface area contributed by atoms with Crippen molar-refractivity contribution in [1.82, 2.24) is 20.0 Å². The van der Waals surface area contributed by atoms with Crippen LogP contribution in [0.25, 0.3) is 11.1 Å². The van der Waals surface area contributed by atoms with Crippen LogP contribution in [0.2, 0.25) is 0 Å². The highest BCUT2D eigenvalue weighted by molar-refractivity contribution is 5.95. The van der Waals surface area contributed by atoms with Crippen LogP contribution in [0.4, 0.5) is 0 Å². The van der Waals surface area contributed by atoms with Gasteiger partial charge in [0.15, 0.2) is 0 Å². The second-order valence-electron chi connectivity index (χ2n) is 9.46. The number of pyridine rings is 1. The molecule has 9 heteroatoms. The van der Waals surface area contributed by atoms with Crippen molar-refractivity contribution in [3.63, 3.8) is 0 Å². The highest BCUT2D eigenvalue weighted by atomic mass is 16.5. The summed E-state index contributed by atoms with van der Waals surface area (Å²) in [6.45, 7) is 4.41. The summed E-state index contributed by atoms with van der Waals surface area (Å²) in [5, 5.41) is 3.01. The van der Waals surface area contributed by atoms with Gasteiger partial charge in [0.2, 0.25) is 0 Å². The minimum absolute atomic E-state index is 0.142. The number of ether oxygens (including phenoxy) is 1. The largest absolute Gasteiger partial charge is 0.489 e. The SMILES string of the molecule is Cc1cc(C(=O)NC(C)c2ccccn2)ccc1-c1cccc(COc2ccc(Cn3oc(=O)[nH]c3=O)cc2)c1. The van der Waals surface area contributed by atoms with Crippen LogP contribution in [0.5, 0.6) is 5.75 Å². The fourth-order valence-electron chi connectivity index (χ4n) is 4.39. The molecule has 40 heavy (non-hydrogen) atoms. The van der Waals surface area contributed by atoms with Crippen LogP contribution in [0, 0.1) is 6.92 Å². The molecule has 5 aromatic rings. The number of hydrogen-bond donors (Lipinski definition) is 2. The molecule has 2 N–H and O–H groups in total. The number of carbonyl (C=O) groups excluding carboxylic acids is 1. The molecule has 5 rings (SSSR count). The molecule has 0 fully saturated rings. The standard InChI is InChI=1S/C31H28N4O5/c1-20-16-25(29(36)33-21(2)28-8-3-4-15-32-28)11-14-27(20)24-7-5-6-23(17-24)19-39-26-12-9-22(10-13-26)18-35-30(37)34-31(38)40-35/h3-17,21H,18-19H2,1-2H3,(H,33,36)(H,34,37,38). The van der Waals surface area contributed by atoms with Gasteiger partial charge in [-0.25, -0.2) is 14.6 Å². The molecule has 2 heterocycles. The van der Waals surface area contributed by atoms with Gasteiger partial charge in [0.05, 0.1) is 18.3 Å². The summed E-state index contributed by atoms with van der Waals surface area (Å²) < 4.78 is 11.7. The van der Waals surface area contributed by atoms with E-state index in [1.807, 2.05) is 80.6 Å². The van der Waals surface area contributed by atoms with Crippen molar-refractivity contribution in [3.8, 4) is 16.9 Å². The van der Waals surface area contributed by atoms with E-state index in [1.165, 1.54) is 0 Å². The molecule has 9 nitrogen and oxygen atoms in total. The third-order valence-electron chi connectivity index (χ3n) is 6.49. The van der Waals surface area contributed by atoms with Crippen LogP contribution in [0.3, 0.4) is 0 Å². The Morgan fingerprint density at radius 1 is 1.00 bits per heavy atom. The number of carbonyl (C=O) groups is 1. The van der Waals surface area contributed by atoms with Gasteiger partial charge < -0.3 is 14.6 Å². The first-order valence-electron chi connectivity index (χ1n) is 12.8. The number of nitrogens with zero attached hydrogens (tertiary/aromatic N) is 2. The van der Waals surface area contributed by atoms with Gasteiger partial charge in [0.1, 0.15) is 12.4 Å². The van der Waals surface area contributed by atoms with Gasteiger partial charge in [0, 0.05) is 11.8 Å². The molecule has 0 radical (unpaired) electrons. The molecule has 1 unspecified atom stereocenters. The number of hydrogen-bond acceptors (Lipinski definition) is 6. The van der Waals surface area contributed by atoms with Crippen molar-refractivity contribution >= 4 is 5.91 Å². The van der Waals surface area contributed by atoms with Crippen molar-refractivity contribution < 1.29 is 14.1 Å². The first-order chi connectivity index (χ1) is 19.4. The zero-order valence-corrected chi connectivity index (χ0v) is 22.1. The highest BCUT2D eigenvalue weighted by Gasteiger charge is 2.14. The molecule has 0 saturated carbocycles. The number of aromatic amines is 1. The Labute approximate surface area is 230 Å². The van der Waals surface area contributed by atoms with Gasteiger partial charge in [-0.1, -0.05) is 42.5 Å². The van der Waals surface area contributed by atoms with Gasteiger partial charge in [-0.2, -0.15) is 0 Å². The van der Waals surface area contributed by atoms with Gasteiger partial charge >= 0.3 is 11.4 Å². The summed E-state index contributed by atoms with van der Waals surface area (Å²) in [7, 11) is 0. The topological polar surface area (TPSA) is 119 Å². The summed E-state index contributed by atoms with van der Waals surface area (Å²) in [5.74, 6) is -0.260. The van der Waals surface area contributed by atoms with E-state index in [1.54, 1.807) is 18.3 Å². The van der Waals surface area contributed by atoms with Crippen molar-refractivity contribution in [2.75, 3.05) is 0 Å². The predicted octanol–water partition coefficient (Wildman–Crippen LogP) is 4.62. The Hall–Kier alpha value is -5.18. The van der Waals surface area contributed by atoms with Gasteiger partial charge in [-0.05, 0) is 84.1 Å². The summed E-state index contributed by atoms with van der Waals surface area (Å²) in [4.78, 5) is 42.0. The van der Waals surface area contributed by atoms with Crippen LogP contribution in [0.1, 0.15) is 45.7 Å². The third-order valence-corrected chi connectivity index (χ3v) is 6.49. The molecule has 0 aliphatic carbocycles. The number of H-pyrrole nitrogens is 1. The van der Waals surface area contributed by atoms with Crippen molar-refractivity contribution in [2.24, 2.45) is 0 Å². The van der Waals surface area contributed by atoms with Crippen LogP contribution < -0.4 is 21.5 Å². The summed E-state index contributed by atoms with van der Waals surface area (Å²) >= 11 is 0. The van der Waals surface area contributed by atoms with E-state index in [4.69, 9.17) is 9.26 Å².